The highest BCUT2D eigenvalue weighted by atomic mass is 16.5. The van der Waals surface area contributed by atoms with Crippen molar-refractivity contribution in [2.45, 2.75) is 19.9 Å². The van der Waals surface area contributed by atoms with Crippen LogP contribution < -0.4 is 10.5 Å². The van der Waals surface area contributed by atoms with E-state index in [1.54, 1.807) is 0 Å². The second-order valence-corrected chi connectivity index (χ2v) is 3.31. The van der Waals surface area contributed by atoms with Crippen molar-refractivity contribution in [3.8, 4) is 18.1 Å². The molecule has 0 aliphatic carbocycles. The Balaban J connectivity index is 2.85. The number of terminal acetylenes is 1. The van der Waals surface area contributed by atoms with E-state index in [-0.39, 0.29) is 6.04 Å². The van der Waals surface area contributed by atoms with Crippen LogP contribution in [-0.4, -0.2) is 6.61 Å². The van der Waals surface area contributed by atoms with Crippen LogP contribution in [0.4, 0.5) is 0 Å². The first kappa shape index (κ1) is 10.6. The fourth-order valence-corrected chi connectivity index (χ4v) is 1.24. The second-order valence-electron chi connectivity index (χ2n) is 3.31. The minimum atomic E-state index is 0.0513. The monoisotopic (exact) mass is 189 g/mol. The van der Waals surface area contributed by atoms with E-state index >= 15 is 0 Å². The van der Waals surface area contributed by atoms with Crippen LogP contribution in [0.2, 0.25) is 0 Å². The fraction of sp³-hybridized carbons (Fsp3) is 0.333. The fourth-order valence-electron chi connectivity index (χ4n) is 1.24. The lowest BCUT2D eigenvalue weighted by Crippen LogP contribution is -2.05. The third-order valence-electron chi connectivity index (χ3n) is 2.04. The van der Waals surface area contributed by atoms with Gasteiger partial charge in [-0.15, -0.1) is 6.42 Å². The van der Waals surface area contributed by atoms with Crippen molar-refractivity contribution >= 4 is 0 Å². The summed E-state index contributed by atoms with van der Waals surface area (Å²) in [5.74, 6) is 3.26. The van der Waals surface area contributed by atoms with Crippen molar-refractivity contribution in [1.29, 1.82) is 0 Å². The molecule has 1 aromatic rings. The van der Waals surface area contributed by atoms with Gasteiger partial charge in [-0.2, -0.15) is 0 Å². The molecule has 0 heterocycles. The van der Waals surface area contributed by atoms with Crippen LogP contribution >= 0.6 is 0 Å². The summed E-state index contributed by atoms with van der Waals surface area (Å²) in [6.07, 6.45) is 5.11. The molecular formula is C12H15NO. The van der Waals surface area contributed by atoms with Gasteiger partial charge in [0.1, 0.15) is 12.4 Å². The molecule has 74 valence electrons. The highest BCUT2D eigenvalue weighted by Gasteiger charge is 2.03. The predicted molar refractivity (Wildman–Crippen MR) is 58.1 cm³/mol. The second kappa shape index (κ2) is 4.69. The van der Waals surface area contributed by atoms with Crippen LogP contribution in [0.5, 0.6) is 5.75 Å². The normalized spacial score (nSPS) is 11.9. The Kier molecular flexibility index (Phi) is 3.55. The lowest BCUT2D eigenvalue weighted by molar-refractivity contribution is 0.367. The predicted octanol–water partition coefficient (Wildman–Crippen LogP) is 2.03. The number of rotatable bonds is 3. The van der Waals surface area contributed by atoms with Gasteiger partial charge in [-0.1, -0.05) is 18.1 Å². The summed E-state index contributed by atoms with van der Waals surface area (Å²) in [6.45, 7) is 4.24. The first-order valence-corrected chi connectivity index (χ1v) is 4.57. The summed E-state index contributed by atoms with van der Waals surface area (Å²) in [5.41, 5.74) is 7.93. The zero-order valence-corrected chi connectivity index (χ0v) is 8.58. The molecule has 1 rings (SSSR count). The van der Waals surface area contributed by atoms with E-state index < -0.39 is 0 Å². The molecule has 1 atom stereocenters. The molecule has 0 aliphatic heterocycles. The number of nitrogens with two attached hydrogens (primary N) is 1. The number of hydrogen-bond acceptors (Lipinski definition) is 2. The molecule has 14 heavy (non-hydrogen) atoms. The molecule has 0 bridgehead atoms. The summed E-state index contributed by atoms with van der Waals surface area (Å²) in [7, 11) is 0. The molecule has 2 nitrogen and oxygen atoms in total. The summed E-state index contributed by atoms with van der Waals surface area (Å²) < 4.78 is 5.34. The zero-order chi connectivity index (χ0) is 10.6. The third kappa shape index (κ3) is 2.51. The SMILES string of the molecule is C#CCOc1ccc([C@@H](C)N)cc1C. The van der Waals surface area contributed by atoms with Crippen LogP contribution in [0.1, 0.15) is 24.1 Å². The van der Waals surface area contributed by atoms with Gasteiger partial charge in [0.15, 0.2) is 0 Å². The number of aryl methyl sites for hydroxylation is 1. The quantitative estimate of drug-likeness (QED) is 0.738. The van der Waals surface area contributed by atoms with Gasteiger partial charge in [0.05, 0.1) is 0 Å². The van der Waals surface area contributed by atoms with Crippen molar-refractivity contribution in [3.63, 3.8) is 0 Å². The number of hydrogen-bond donors (Lipinski definition) is 1. The molecule has 0 amide bonds. The molecular weight excluding hydrogens is 174 g/mol. The molecule has 2 N–H and O–H groups in total. The summed E-state index contributed by atoms with van der Waals surface area (Å²) >= 11 is 0. The van der Waals surface area contributed by atoms with E-state index in [2.05, 4.69) is 5.92 Å². The van der Waals surface area contributed by atoms with Gasteiger partial charge < -0.3 is 10.5 Å². The maximum Gasteiger partial charge on any atom is 0.148 e. The van der Waals surface area contributed by atoms with E-state index in [1.807, 2.05) is 32.0 Å². The lowest BCUT2D eigenvalue weighted by atomic mass is 10.1. The van der Waals surface area contributed by atoms with Gasteiger partial charge in [-0.3, -0.25) is 0 Å². The summed E-state index contributed by atoms with van der Waals surface area (Å²) in [5, 5.41) is 0. The third-order valence-corrected chi connectivity index (χ3v) is 2.04. The van der Waals surface area contributed by atoms with Crippen LogP contribution in [-0.2, 0) is 0 Å². The smallest absolute Gasteiger partial charge is 0.148 e. The molecule has 0 saturated heterocycles. The average Bonchev–Trinajstić information content (AvgIpc) is 2.15. The maximum absolute atomic E-state index is 5.76. The van der Waals surface area contributed by atoms with Crippen LogP contribution in [0.3, 0.4) is 0 Å². The number of ether oxygens (including phenoxy) is 1. The van der Waals surface area contributed by atoms with Crippen molar-refractivity contribution in [1.82, 2.24) is 0 Å². The topological polar surface area (TPSA) is 35.2 Å². The Labute approximate surface area is 85.1 Å². The Morgan fingerprint density at radius 2 is 2.29 bits per heavy atom. The van der Waals surface area contributed by atoms with Crippen molar-refractivity contribution < 1.29 is 4.74 Å². The largest absolute Gasteiger partial charge is 0.481 e. The van der Waals surface area contributed by atoms with Crippen molar-refractivity contribution in [3.05, 3.63) is 29.3 Å². The Morgan fingerprint density at radius 3 is 2.79 bits per heavy atom. The standard InChI is InChI=1S/C12H15NO/c1-4-7-14-12-6-5-11(10(3)13)8-9(12)2/h1,5-6,8,10H,7,13H2,2-3H3/t10-/m1/s1. The van der Waals surface area contributed by atoms with Gasteiger partial charge in [-0.05, 0) is 31.0 Å². The van der Waals surface area contributed by atoms with Crippen LogP contribution in [0, 0.1) is 19.3 Å². The molecule has 0 aliphatic rings. The Morgan fingerprint density at radius 1 is 1.57 bits per heavy atom. The zero-order valence-electron chi connectivity index (χ0n) is 8.58. The molecule has 2 heteroatoms. The molecule has 0 fully saturated rings. The molecule has 0 unspecified atom stereocenters. The summed E-state index contributed by atoms with van der Waals surface area (Å²) in [4.78, 5) is 0. The minimum absolute atomic E-state index is 0.0513. The Bertz CT molecular complexity index is 350. The number of benzene rings is 1. The first-order chi connectivity index (χ1) is 6.65. The van der Waals surface area contributed by atoms with Gasteiger partial charge >= 0.3 is 0 Å². The van der Waals surface area contributed by atoms with Gasteiger partial charge in [-0.25, -0.2) is 0 Å². The molecule has 0 saturated carbocycles. The van der Waals surface area contributed by atoms with Crippen LogP contribution in [0.25, 0.3) is 0 Å². The van der Waals surface area contributed by atoms with E-state index in [1.165, 1.54) is 0 Å². The van der Waals surface area contributed by atoms with E-state index in [0.717, 1.165) is 16.9 Å². The maximum atomic E-state index is 5.76. The summed E-state index contributed by atoms with van der Waals surface area (Å²) in [6, 6.07) is 5.95. The first-order valence-electron chi connectivity index (χ1n) is 4.57. The molecule has 1 aromatic carbocycles. The van der Waals surface area contributed by atoms with E-state index in [0.29, 0.717) is 6.61 Å². The van der Waals surface area contributed by atoms with Crippen molar-refractivity contribution in [2.75, 3.05) is 6.61 Å². The highest BCUT2D eigenvalue weighted by Crippen LogP contribution is 2.21. The van der Waals surface area contributed by atoms with Gasteiger partial charge in [0.25, 0.3) is 0 Å². The molecule has 0 radical (unpaired) electrons. The van der Waals surface area contributed by atoms with E-state index in [4.69, 9.17) is 16.9 Å². The molecule has 0 spiro atoms. The average molecular weight is 189 g/mol. The van der Waals surface area contributed by atoms with Crippen LogP contribution in [0.15, 0.2) is 18.2 Å². The van der Waals surface area contributed by atoms with Crippen molar-refractivity contribution in [2.24, 2.45) is 5.73 Å². The highest BCUT2D eigenvalue weighted by molar-refractivity contribution is 5.37. The Hall–Kier alpha value is -1.46. The van der Waals surface area contributed by atoms with Gasteiger partial charge in [0.2, 0.25) is 0 Å². The lowest BCUT2D eigenvalue weighted by Gasteiger charge is -2.10. The minimum Gasteiger partial charge on any atom is -0.481 e. The molecule has 0 aromatic heterocycles. The van der Waals surface area contributed by atoms with Gasteiger partial charge in [0, 0.05) is 6.04 Å². The van der Waals surface area contributed by atoms with E-state index in [9.17, 15) is 0 Å².